The maximum Gasteiger partial charge on any atom is 0.255 e. The van der Waals surface area contributed by atoms with Crippen LogP contribution in [0.15, 0.2) is 60.7 Å². The molecule has 1 saturated heterocycles. The first kappa shape index (κ1) is 19.0. The molecule has 0 saturated carbocycles. The summed E-state index contributed by atoms with van der Waals surface area (Å²) < 4.78 is 13.3. The van der Waals surface area contributed by atoms with Gasteiger partial charge < -0.3 is 15.1 Å². The second-order valence-electron chi connectivity index (χ2n) is 7.27. The number of benzene rings is 2. The van der Waals surface area contributed by atoms with Gasteiger partial charge in [0.2, 0.25) is 0 Å². The summed E-state index contributed by atoms with van der Waals surface area (Å²) in [6.07, 6.45) is 0. The van der Waals surface area contributed by atoms with Crippen LogP contribution in [0.3, 0.4) is 0 Å². The third-order valence-corrected chi connectivity index (χ3v) is 5.09. The highest BCUT2D eigenvalue weighted by Crippen LogP contribution is 2.22. The van der Waals surface area contributed by atoms with Crippen molar-refractivity contribution in [1.82, 2.24) is 10.2 Å². The molecule has 0 unspecified atom stereocenters. The number of piperazine rings is 1. The number of nitrogens with one attached hydrogen (secondary N) is 2. The molecule has 1 aliphatic heterocycles. The van der Waals surface area contributed by atoms with Gasteiger partial charge in [-0.1, -0.05) is 18.2 Å². The zero-order valence-electron chi connectivity index (χ0n) is 16.2. The van der Waals surface area contributed by atoms with Crippen molar-refractivity contribution in [2.45, 2.75) is 0 Å². The van der Waals surface area contributed by atoms with Crippen molar-refractivity contribution in [2.75, 3.05) is 43.4 Å². The second kappa shape index (κ2) is 8.36. The zero-order valence-corrected chi connectivity index (χ0v) is 16.2. The van der Waals surface area contributed by atoms with Crippen LogP contribution in [0.5, 0.6) is 0 Å². The molecule has 2 N–H and O–H groups in total. The first-order valence-corrected chi connectivity index (χ1v) is 9.66. The van der Waals surface area contributed by atoms with E-state index in [1.165, 1.54) is 23.1 Å². The van der Waals surface area contributed by atoms with Gasteiger partial charge in [0.1, 0.15) is 5.82 Å². The first-order valence-electron chi connectivity index (χ1n) is 9.66. The molecule has 6 nitrogen and oxygen atoms in total. The third kappa shape index (κ3) is 4.57. The Hall–Kier alpha value is -3.32. The van der Waals surface area contributed by atoms with Crippen LogP contribution in [-0.2, 0) is 0 Å². The quantitative estimate of drug-likeness (QED) is 0.712. The van der Waals surface area contributed by atoms with Gasteiger partial charge in [-0.05, 0) is 42.5 Å². The van der Waals surface area contributed by atoms with Gasteiger partial charge in [-0.15, -0.1) is 10.2 Å². The van der Waals surface area contributed by atoms with E-state index in [2.05, 4.69) is 27.5 Å². The van der Waals surface area contributed by atoms with E-state index in [4.69, 9.17) is 0 Å². The maximum absolute atomic E-state index is 13.3. The summed E-state index contributed by atoms with van der Waals surface area (Å²) in [6, 6.07) is 16.9. The van der Waals surface area contributed by atoms with E-state index in [9.17, 15) is 9.18 Å². The third-order valence-electron chi connectivity index (χ3n) is 5.09. The molecule has 3 aromatic rings. The molecule has 1 aliphatic rings. The Kier molecular flexibility index (Phi) is 5.48. The van der Waals surface area contributed by atoms with E-state index in [1.54, 1.807) is 12.1 Å². The number of amides is 1. The number of hydrogen-bond donors (Lipinski definition) is 2. The lowest BCUT2D eigenvalue weighted by Crippen LogP contribution is -3.12. The molecule has 7 heteroatoms. The Balaban J connectivity index is 1.47. The van der Waals surface area contributed by atoms with E-state index >= 15 is 0 Å². The normalized spacial score (nSPS) is 14.6. The smallest absolute Gasteiger partial charge is 0.255 e. The number of hydrogen-bond acceptors (Lipinski definition) is 4. The zero-order chi connectivity index (χ0) is 20.2. The second-order valence-corrected chi connectivity index (χ2v) is 7.27. The summed E-state index contributed by atoms with van der Waals surface area (Å²) in [5.74, 6) is 0.0839. The summed E-state index contributed by atoms with van der Waals surface area (Å²) >= 11 is 0. The molecular weight excluding hydrogens is 369 g/mol. The van der Waals surface area contributed by atoms with Crippen LogP contribution < -0.4 is 15.1 Å². The van der Waals surface area contributed by atoms with Crippen molar-refractivity contribution < 1.29 is 14.1 Å². The van der Waals surface area contributed by atoms with Gasteiger partial charge in [-0.25, -0.2) is 4.39 Å². The Labute approximate surface area is 169 Å². The van der Waals surface area contributed by atoms with Crippen molar-refractivity contribution in [3.8, 4) is 11.3 Å². The highest BCUT2D eigenvalue weighted by Gasteiger charge is 2.18. The van der Waals surface area contributed by atoms with Crippen LogP contribution >= 0.6 is 0 Å². The van der Waals surface area contributed by atoms with Crippen molar-refractivity contribution >= 4 is 17.4 Å². The number of halogens is 1. The highest BCUT2D eigenvalue weighted by molar-refractivity contribution is 6.04. The van der Waals surface area contributed by atoms with Crippen molar-refractivity contribution in [3.63, 3.8) is 0 Å². The molecule has 0 atom stereocenters. The lowest BCUT2D eigenvalue weighted by Gasteiger charge is -2.30. The number of aromatic nitrogens is 2. The molecule has 29 heavy (non-hydrogen) atoms. The summed E-state index contributed by atoms with van der Waals surface area (Å²) in [7, 11) is 2.20. The number of anilines is 2. The number of carbonyl (C=O) groups excluding carboxylic acids is 1. The van der Waals surface area contributed by atoms with Crippen LogP contribution in [0.4, 0.5) is 15.9 Å². The van der Waals surface area contributed by atoms with Crippen LogP contribution in [0.25, 0.3) is 11.3 Å². The molecule has 1 amide bonds. The lowest BCUT2D eigenvalue weighted by atomic mass is 10.1. The first-order chi connectivity index (χ1) is 14.1. The van der Waals surface area contributed by atoms with Crippen molar-refractivity contribution in [1.29, 1.82) is 0 Å². The number of likely N-dealkylation sites (N-methyl/N-ethyl adjacent to an activating group) is 1. The number of nitrogens with zero attached hydrogens (tertiary/aromatic N) is 3. The number of rotatable bonds is 4. The van der Waals surface area contributed by atoms with Crippen molar-refractivity contribution in [2.24, 2.45) is 0 Å². The SMILES string of the molecule is C[NH+]1CCN(c2ccc(-c3cccc(NC(=O)c4cccc(F)c4)c3)nn2)CC1. The molecule has 2 heterocycles. The molecule has 2 aromatic carbocycles. The fourth-order valence-corrected chi connectivity index (χ4v) is 3.35. The van der Waals surface area contributed by atoms with E-state index in [1.807, 2.05) is 30.3 Å². The van der Waals surface area contributed by atoms with E-state index in [0.29, 0.717) is 5.69 Å². The van der Waals surface area contributed by atoms with Gasteiger partial charge in [0.05, 0.1) is 38.9 Å². The molecule has 0 bridgehead atoms. The van der Waals surface area contributed by atoms with Crippen LogP contribution in [0.1, 0.15) is 10.4 Å². The van der Waals surface area contributed by atoms with E-state index in [-0.39, 0.29) is 11.5 Å². The van der Waals surface area contributed by atoms with E-state index in [0.717, 1.165) is 43.3 Å². The molecule has 0 radical (unpaired) electrons. The number of carbonyl (C=O) groups is 1. The molecule has 0 aliphatic carbocycles. The standard InChI is InChI=1S/C22H22FN5O/c1-27-10-12-28(13-11-27)21-9-8-20(25-26-21)16-4-3-7-19(15-16)24-22(29)17-5-2-6-18(23)14-17/h2-9,14-15H,10-13H2,1H3,(H,24,29)/p+1. The monoisotopic (exact) mass is 392 g/mol. The lowest BCUT2D eigenvalue weighted by molar-refractivity contribution is -0.880. The van der Waals surface area contributed by atoms with Crippen LogP contribution in [0.2, 0.25) is 0 Å². The molecule has 1 fully saturated rings. The maximum atomic E-state index is 13.3. The Morgan fingerprint density at radius 1 is 1.03 bits per heavy atom. The minimum atomic E-state index is -0.441. The van der Waals surface area contributed by atoms with Gasteiger partial charge in [0.25, 0.3) is 5.91 Å². The average Bonchev–Trinajstić information content (AvgIpc) is 2.75. The molecular formula is C22H23FN5O+. The van der Waals surface area contributed by atoms with Gasteiger partial charge >= 0.3 is 0 Å². The molecule has 0 spiro atoms. The van der Waals surface area contributed by atoms with Gasteiger partial charge in [-0.2, -0.15) is 0 Å². The topological polar surface area (TPSA) is 62.6 Å². The average molecular weight is 392 g/mol. The largest absolute Gasteiger partial charge is 0.344 e. The highest BCUT2D eigenvalue weighted by atomic mass is 19.1. The molecule has 4 rings (SSSR count). The predicted molar refractivity (Wildman–Crippen MR) is 111 cm³/mol. The minimum absolute atomic E-state index is 0.272. The van der Waals surface area contributed by atoms with Crippen LogP contribution in [-0.4, -0.2) is 49.3 Å². The Morgan fingerprint density at radius 3 is 2.55 bits per heavy atom. The predicted octanol–water partition coefficient (Wildman–Crippen LogP) is 1.87. The van der Waals surface area contributed by atoms with Gasteiger partial charge in [0, 0.05) is 16.8 Å². The number of quaternary nitrogens is 1. The summed E-state index contributed by atoms with van der Waals surface area (Å²) in [4.78, 5) is 16.1. The molecule has 148 valence electrons. The fourth-order valence-electron chi connectivity index (χ4n) is 3.35. The molecule has 1 aromatic heterocycles. The van der Waals surface area contributed by atoms with Crippen molar-refractivity contribution in [3.05, 3.63) is 72.0 Å². The van der Waals surface area contributed by atoms with E-state index < -0.39 is 5.82 Å². The minimum Gasteiger partial charge on any atom is -0.344 e. The van der Waals surface area contributed by atoms with Crippen LogP contribution in [0, 0.1) is 5.82 Å². The Morgan fingerprint density at radius 2 is 1.83 bits per heavy atom. The summed E-state index contributed by atoms with van der Waals surface area (Å²) in [6.45, 7) is 4.13. The Bertz CT molecular complexity index is 1000. The summed E-state index contributed by atoms with van der Waals surface area (Å²) in [5, 5.41) is 11.6. The summed E-state index contributed by atoms with van der Waals surface area (Å²) in [5.41, 5.74) is 2.47. The van der Waals surface area contributed by atoms with Gasteiger partial charge in [0.15, 0.2) is 5.82 Å². The fraction of sp³-hybridized carbons (Fsp3) is 0.227. The van der Waals surface area contributed by atoms with Gasteiger partial charge in [-0.3, -0.25) is 4.79 Å².